The van der Waals surface area contributed by atoms with Crippen LogP contribution < -0.4 is 4.74 Å². The van der Waals surface area contributed by atoms with E-state index in [1.807, 2.05) is 19.1 Å². The van der Waals surface area contributed by atoms with Crippen molar-refractivity contribution in [3.05, 3.63) is 58.6 Å². The molecule has 9 heteroatoms. The molecule has 140 valence electrons. The Balaban J connectivity index is 1.63. The third kappa shape index (κ3) is 5.01. The van der Waals surface area contributed by atoms with Crippen LogP contribution in [0.4, 0.5) is 8.78 Å². The van der Waals surface area contributed by atoms with Gasteiger partial charge >= 0.3 is 5.97 Å². The van der Waals surface area contributed by atoms with E-state index in [-0.39, 0.29) is 6.61 Å². The zero-order chi connectivity index (χ0) is 19.4. The van der Waals surface area contributed by atoms with Crippen LogP contribution in [0.15, 0.2) is 41.3 Å². The fourth-order valence-electron chi connectivity index (χ4n) is 2.22. The highest BCUT2D eigenvalue weighted by molar-refractivity contribution is 7.98. The highest BCUT2D eigenvalue weighted by Crippen LogP contribution is 2.31. The maximum absolute atomic E-state index is 13.3. The van der Waals surface area contributed by atoms with E-state index in [0.717, 1.165) is 27.6 Å². The number of thioether (sulfide) groups is 1. The molecule has 0 amide bonds. The van der Waals surface area contributed by atoms with E-state index in [4.69, 9.17) is 9.84 Å². The van der Waals surface area contributed by atoms with Gasteiger partial charge in [0.05, 0.1) is 5.75 Å². The Labute approximate surface area is 162 Å². The summed E-state index contributed by atoms with van der Waals surface area (Å²) < 4.78 is 31.6. The number of aromatic nitrogens is 2. The topological polar surface area (TPSA) is 72.3 Å². The van der Waals surface area contributed by atoms with E-state index in [9.17, 15) is 13.6 Å². The average molecular weight is 408 g/mol. The van der Waals surface area contributed by atoms with Crippen molar-refractivity contribution < 1.29 is 23.4 Å². The first-order valence-electron chi connectivity index (χ1n) is 7.78. The number of nitrogens with zero attached hydrogens (tertiary/aromatic N) is 2. The maximum atomic E-state index is 13.3. The SMILES string of the molecule is Cc1cc(SCc2nnc(-c3ccc(F)c(F)c3)s2)ccc1OCC(=O)O. The molecule has 0 bridgehead atoms. The zero-order valence-electron chi connectivity index (χ0n) is 14.1. The number of aliphatic carboxylic acids is 1. The summed E-state index contributed by atoms with van der Waals surface area (Å²) in [6.45, 7) is 1.46. The molecule has 0 saturated heterocycles. The summed E-state index contributed by atoms with van der Waals surface area (Å²) in [5, 5.41) is 18.1. The van der Waals surface area contributed by atoms with Crippen molar-refractivity contribution in [1.82, 2.24) is 10.2 Å². The summed E-state index contributed by atoms with van der Waals surface area (Å²) in [4.78, 5) is 11.5. The average Bonchev–Trinajstić information content (AvgIpc) is 3.10. The van der Waals surface area contributed by atoms with Crippen LogP contribution in [0.5, 0.6) is 5.75 Å². The van der Waals surface area contributed by atoms with E-state index < -0.39 is 17.6 Å². The molecule has 27 heavy (non-hydrogen) atoms. The molecule has 5 nitrogen and oxygen atoms in total. The van der Waals surface area contributed by atoms with Gasteiger partial charge in [-0.2, -0.15) is 0 Å². The van der Waals surface area contributed by atoms with Gasteiger partial charge in [-0.1, -0.05) is 11.3 Å². The van der Waals surface area contributed by atoms with Crippen LogP contribution in [0.3, 0.4) is 0 Å². The largest absolute Gasteiger partial charge is 0.482 e. The molecule has 0 radical (unpaired) electrons. The Hall–Kier alpha value is -2.52. The number of halogens is 2. The minimum atomic E-state index is -1.03. The summed E-state index contributed by atoms with van der Waals surface area (Å²) in [7, 11) is 0. The summed E-state index contributed by atoms with van der Waals surface area (Å²) in [5.41, 5.74) is 1.32. The van der Waals surface area contributed by atoms with Crippen LogP contribution in [0, 0.1) is 18.6 Å². The van der Waals surface area contributed by atoms with Gasteiger partial charge in [0.15, 0.2) is 18.2 Å². The highest BCUT2D eigenvalue weighted by atomic mass is 32.2. The molecule has 0 fully saturated rings. The molecule has 1 heterocycles. The number of carbonyl (C=O) groups is 1. The third-order valence-corrected chi connectivity index (χ3v) is 5.65. The number of carboxylic acids is 1. The number of rotatable bonds is 7. The number of benzene rings is 2. The number of carboxylic acid groups (broad SMARTS) is 1. The maximum Gasteiger partial charge on any atom is 0.341 e. The van der Waals surface area contributed by atoms with Crippen LogP contribution in [-0.4, -0.2) is 27.9 Å². The second-order valence-electron chi connectivity index (χ2n) is 5.53. The predicted octanol–water partition coefficient (Wildman–Crippen LogP) is 4.55. The third-order valence-electron chi connectivity index (χ3n) is 3.49. The van der Waals surface area contributed by atoms with Crippen molar-refractivity contribution in [2.45, 2.75) is 17.6 Å². The van der Waals surface area contributed by atoms with Crippen LogP contribution >= 0.6 is 23.1 Å². The summed E-state index contributed by atoms with van der Waals surface area (Å²) in [6.07, 6.45) is 0. The first-order valence-corrected chi connectivity index (χ1v) is 9.58. The predicted molar refractivity (Wildman–Crippen MR) is 99.1 cm³/mol. The van der Waals surface area contributed by atoms with Crippen molar-refractivity contribution >= 4 is 29.1 Å². The molecule has 1 aromatic heterocycles. The first-order chi connectivity index (χ1) is 12.9. The summed E-state index contributed by atoms with van der Waals surface area (Å²) in [6, 6.07) is 9.11. The minimum absolute atomic E-state index is 0.384. The van der Waals surface area contributed by atoms with Gasteiger partial charge in [-0.3, -0.25) is 0 Å². The van der Waals surface area contributed by atoms with E-state index in [1.165, 1.54) is 29.2 Å². The molecule has 0 atom stereocenters. The Bertz CT molecular complexity index is 979. The van der Waals surface area contributed by atoms with Gasteiger partial charge in [-0.15, -0.1) is 22.0 Å². The normalized spacial score (nSPS) is 10.8. The fourth-order valence-corrected chi connectivity index (χ4v) is 4.03. The Morgan fingerprint density at radius 2 is 2.00 bits per heavy atom. The molecular formula is C18H14F2N2O3S2. The molecule has 0 aliphatic rings. The molecule has 1 N–H and O–H groups in total. The second kappa shape index (κ2) is 8.45. The van der Waals surface area contributed by atoms with Crippen LogP contribution in [-0.2, 0) is 10.5 Å². The lowest BCUT2D eigenvalue weighted by Crippen LogP contribution is -2.09. The number of aryl methyl sites for hydroxylation is 1. The lowest BCUT2D eigenvalue weighted by atomic mass is 10.2. The van der Waals surface area contributed by atoms with E-state index in [1.54, 1.807) is 6.07 Å². The Kier molecular flexibility index (Phi) is 6.02. The van der Waals surface area contributed by atoms with Crippen LogP contribution in [0.1, 0.15) is 10.6 Å². The quantitative estimate of drug-likeness (QED) is 0.579. The van der Waals surface area contributed by atoms with Gasteiger partial charge in [0.2, 0.25) is 0 Å². The van der Waals surface area contributed by atoms with Crippen LogP contribution in [0.25, 0.3) is 10.6 Å². The fraction of sp³-hybridized carbons (Fsp3) is 0.167. The molecule has 0 aliphatic carbocycles. The Morgan fingerprint density at radius 1 is 1.19 bits per heavy atom. The van der Waals surface area contributed by atoms with Crippen molar-refractivity contribution in [2.24, 2.45) is 0 Å². The van der Waals surface area contributed by atoms with E-state index >= 15 is 0 Å². The zero-order valence-corrected chi connectivity index (χ0v) is 15.7. The van der Waals surface area contributed by atoms with Gasteiger partial charge in [-0.05, 0) is 48.9 Å². The monoisotopic (exact) mass is 408 g/mol. The van der Waals surface area contributed by atoms with Gasteiger partial charge in [0.1, 0.15) is 15.8 Å². The summed E-state index contributed by atoms with van der Waals surface area (Å²) >= 11 is 2.85. The number of hydrogen-bond donors (Lipinski definition) is 1. The molecule has 0 unspecified atom stereocenters. The molecule has 0 aliphatic heterocycles. The number of ether oxygens (including phenoxy) is 1. The first kappa shape index (κ1) is 19.2. The molecule has 2 aromatic carbocycles. The second-order valence-corrected chi connectivity index (χ2v) is 7.64. The standard InChI is InChI=1S/C18H14F2N2O3S2/c1-10-6-12(3-5-15(10)25-8-17(23)24)26-9-16-21-22-18(27-16)11-2-4-13(19)14(20)7-11/h2-7H,8-9H2,1H3,(H,23,24). The van der Waals surface area contributed by atoms with Crippen molar-refractivity contribution in [2.75, 3.05) is 6.61 Å². The number of hydrogen-bond acceptors (Lipinski definition) is 6. The lowest BCUT2D eigenvalue weighted by molar-refractivity contribution is -0.139. The molecule has 0 spiro atoms. The molecule has 3 aromatic rings. The van der Waals surface area contributed by atoms with Crippen molar-refractivity contribution in [3.63, 3.8) is 0 Å². The lowest BCUT2D eigenvalue weighted by Gasteiger charge is -2.08. The summed E-state index contributed by atoms with van der Waals surface area (Å²) in [5.74, 6) is -1.75. The molecule has 0 saturated carbocycles. The Morgan fingerprint density at radius 3 is 2.70 bits per heavy atom. The van der Waals surface area contributed by atoms with Gasteiger partial charge in [0, 0.05) is 10.5 Å². The van der Waals surface area contributed by atoms with E-state index in [0.29, 0.717) is 22.1 Å². The smallest absolute Gasteiger partial charge is 0.341 e. The molecular weight excluding hydrogens is 394 g/mol. The highest BCUT2D eigenvalue weighted by Gasteiger charge is 2.11. The van der Waals surface area contributed by atoms with Gasteiger partial charge in [0.25, 0.3) is 0 Å². The van der Waals surface area contributed by atoms with Crippen molar-refractivity contribution in [1.29, 1.82) is 0 Å². The molecule has 3 rings (SSSR count). The van der Waals surface area contributed by atoms with Crippen LogP contribution in [0.2, 0.25) is 0 Å². The minimum Gasteiger partial charge on any atom is -0.482 e. The van der Waals surface area contributed by atoms with Crippen molar-refractivity contribution in [3.8, 4) is 16.3 Å². The van der Waals surface area contributed by atoms with Gasteiger partial charge in [-0.25, -0.2) is 13.6 Å². The van der Waals surface area contributed by atoms with Gasteiger partial charge < -0.3 is 9.84 Å². The van der Waals surface area contributed by atoms with E-state index in [2.05, 4.69) is 10.2 Å².